The number of hydrogen-bond acceptors (Lipinski definition) is 1. The number of unbranched alkanes of at least 4 members (excludes halogenated alkanes) is 7. The quantitative estimate of drug-likeness (QED) is 0.438. The van der Waals surface area contributed by atoms with Crippen molar-refractivity contribution < 1.29 is 0 Å². The zero-order valence-electron chi connectivity index (χ0n) is 12.5. The smallest absolute Gasteiger partial charge is 0.0227 e. The van der Waals surface area contributed by atoms with Crippen LogP contribution in [0.3, 0.4) is 0 Å². The molecule has 1 heteroatoms. The molecule has 0 bridgehead atoms. The fraction of sp³-hybridized carbons (Fsp3) is 0.875. The van der Waals surface area contributed by atoms with E-state index in [2.05, 4.69) is 44.9 Å². The molecular weight excluding hydrogens is 206 g/mol. The Balaban J connectivity index is 3.36. The third kappa shape index (κ3) is 10.4. The highest BCUT2D eigenvalue weighted by atomic mass is 15.1. The summed E-state index contributed by atoms with van der Waals surface area (Å²) in [7, 11) is 0. The van der Waals surface area contributed by atoms with Gasteiger partial charge in [0.05, 0.1) is 0 Å². The van der Waals surface area contributed by atoms with Crippen LogP contribution >= 0.6 is 0 Å². The van der Waals surface area contributed by atoms with E-state index in [0.29, 0.717) is 6.04 Å². The minimum Gasteiger partial charge on any atom is -0.375 e. The highest BCUT2D eigenvalue weighted by Crippen LogP contribution is 2.10. The Kier molecular flexibility index (Phi) is 11.7. The van der Waals surface area contributed by atoms with Crippen LogP contribution in [-0.4, -0.2) is 17.5 Å². The maximum Gasteiger partial charge on any atom is 0.0227 e. The van der Waals surface area contributed by atoms with Gasteiger partial charge in [0.2, 0.25) is 0 Å². The van der Waals surface area contributed by atoms with E-state index >= 15 is 0 Å². The van der Waals surface area contributed by atoms with E-state index in [0.717, 1.165) is 0 Å². The molecule has 1 nitrogen and oxygen atoms in total. The zero-order valence-corrected chi connectivity index (χ0v) is 12.5. The van der Waals surface area contributed by atoms with Gasteiger partial charge >= 0.3 is 0 Å². The molecule has 17 heavy (non-hydrogen) atoms. The minimum atomic E-state index is 0.635. The van der Waals surface area contributed by atoms with Crippen LogP contribution in [0.5, 0.6) is 0 Å². The van der Waals surface area contributed by atoms with E-state index < -0.39 is 0 Å². The Morgan fingerprint density at radius 1 is 0.882 bits per heavy atom. The summed E-state index contributed by atoms with van der Waals surface area (Å²) >= 11 is 0. The van der Waals surface area contributed by atoms with Gasteiger partial charge in [-0.25, -0.2) is 0 Å². The average Bonchev–Trinajstić information content (AvgIpc) is 2.31. The van der Waals surface area contributed by atoms with Crippen LogP contribution in [0.4, 0.5) is 0 Å². The number of nitrogens with zero attached hydrogens (tertiary/aromatic N) is 1. The molecule has 0 aliphatic rings. The third-order valence-corrected chi connectivity index (χ3v) is 3.27. The molecule has 0 amide bonds. The predicted molar refractivity (Wildman–Crippen MR) is 79.3 cm³/mol. The first-order valence-corrected chi connectivity index (χ1v) is 7.61. The van der Waals surface area contributed by atoms with E-state index in [1.165, 1.54) is 57.9 Å². The molecule has 0 aliphatic carbocycles. The maximum atomic E-state index is 2.44. The Morgan fingerprint density at radius 3 is 1.88 bits per heavy atom. The molecule has 0 saturated heterocycles. The second-order valence-corrected chi connectivity index (χ2v) is 5.29. The second-order valence-electron chi connectivity index (χ2n) is 5.29. The first-order chi connectivity index (χ1) is 8.22. The van der Waals surface area contributed by atoms with E-state index in [1.54, 1.807) is 0 Å². The summed E-state index contributed by atoms with van der Waals surface area (Å²) in [6.45, 7) is 10.1. The van der Waals surface area contributed by atoms with Crippen LogP contribution in [0.2, 0.25) is 0 Å². The fourth-order valence-corrected chi connectivity index (χ4v) is 2.12. The summed E-state index contributed by atoms with van der Waals surface area (Å²) in [6, 6.07) is 0.635. The van der Waals surface area contributed by atoms with Crippen molar-refractivity contribution >= 4 is 0 Å². The van der Waals surface area contributed by atoms with Crippen molar-refractivity contribution in [3.63, 3.8) is 0 Å². The van der Waals surface area contributed by atoms with Gasteiger partial charge in [-0.3, -0.25) is 0 Å². The van der Waals surface area contributed by atoms with Crippen molar-refractivity contribution in [3.05, 3.63) is 12.3 Å². The van der Waals surface area contributed by atoms with Crippen LogP contribution in [0.25, 0.3) is 0 Å². The van der Waals surface area contributed by atoms with Crippen molar-refractivity contribution in [2.45, 2.75) is 85.1 Å². The normalized spacial score (nSPS) is 11.6. The highest BCUT2D eigenvalue weighted by molar-refractivity contribution is 4.80. The molecule has 0 radical (unpaired) electrons. The van der Waals surface area contributed by atoms with Gasteiger partial charge in [-0.2, -0.15) is 0 Å². The van der Waals surface area contributed by atoms with Gasteiger partial charge in [0.25, 0.3) is 0 Å². The lowest BCUT2D eigenvalue weighted by molar-refractivity contribution is 0.302. The SMILES string of the molecule is CC=CN(CCCCCCCCCC)C(C)C. The van der Waals surface area contributed by atoms with Crippen molar-refractivity contribution in [2.24, 2.45) is 0 Å². The molecule has 0 aromatic rings. The van der Waals surface area contributed by atoms with Gasteiger partial charge in [0, 0.05) is 12.6 Å². The van der Waals surface area contributed by atoms with E-state index in [-0.39, 0.29) is 0 Å². The molecule has 0 atom stereocenters. The molecule has 0 aromatic heterocycles. The zero-order chi connectivity index (χ0) is 12.9. The standard InChI is InChI=1S/C16H33N/c1-5-7-8-9-10-11-12-13-15-17(14-6-2)16(3)4/h6,14,16H,5,7-13,15H2,1-4H3. The van der Waals surface area contributed by atoms with Crippen LogP contribution in [0, 0.1) is 0 Å². The first kappa shape index (κ1) is 16.5. The Morgan fingerprint density at radius 2 is 1.41 bits per heavy atom. The van der Waals surface area contributed by atoms with Crippen LogP contribution in [0.15, 0.2) is 12.3 Å². The van der Waals surface area contributed by atoms with Crippen molar-refractivity contribution in [2.75, 3.05) is 6.54 Å². The number of hydrogen-bond donors (Lipinski definition) is 0. The Labute approximate surface area is 109 Å². The molecule has 0 spiro atoms. The highest BCUT2D eigenvalue weighted by Gasteiger charge is 2.02. The Hall–Kier alpha value is -0.460. The molecular formula is C16H33N. The van der Waals surface area contributed by atoms with Gasteiger partial charge in [-0.1, -0.05) is 57.9 Å². The summed E-state index contributed by atoms with van der Waals surface area (Å²) in [5.41, 5.74) is 0. The number of rotatable bonds is 11. The lowest BCUT2D eigenvalue weighted by Gasteiger charge is -2.24. The van der Waals surface area contributed by atoms with Gasteiger partial charge in [-0.15, -0.1) is 0 Å². The molecule has 0 aromatic carbocycles. The van der Waals surface area contributed by atoms with E-state index in [9.17, 15) is 0 Å². The molecule has 0 N–H and O–H groups in total. The molecule has 0 fully saturated rings. The van der Waals surface area contributed by atoms with Gasteiger partial charge in [-0.05, 0) is 33.4 Å². The number of allylic oxidation sites excluding steroid dienone is 1. The largest absolute Gasteiger partial charge is 0.375 e. The predicted octanol–water partition coefficient (Wildman–Crippen LogP) is 5.37. The van der Waals surface area contributed by atoms with Crippen LogP contribution in [0.1, 0.15) is 79.1 Å². The summed E-state index contributed by atoms with van der Waals surface area (Å²) in [4.78, 5) is 2.44. The van der Waals surface area contributed by atoms with Crippen LogP contribution < -0.4 is 0 Å². The van der Waals surface area contributed by atoms with Crippen molar-refractivity contribution in [1.29, 1.82) is 0 Å². The van der Waals surface area contributed by atoms with Gasteiger partial charge < -0.3 is 4.90 Å². The molecule has 0 aliphatic heterocycles. The van der Waals surface area contributed by atoms with Gasteiger partial charge in [0.1, 0.15) is 0 Å². The summed E-state index contributed by atoms with van der Waals surface area (Å²) < 4.78 is 0. The lowest BCUT2D eigenvalue weighted by Crippen LogP contribution is -2.26. The van der Waals surface area contributed by atoms with E-state index in [4.69, 9.17) is 0 Å². The maximum absolute atomic E-state index is 2.44. The molecule has 0 saturated carbocycles. The Bertz CT molecular complexity index is 172. The molecule has 0 heterocycles. The average molecular weight is 239 g/mol. The minimum absolute atomic E-state index is 0.635. The topological polar surface area (TPSA) is 3.24 Å². The van der Waals surface area contributed by atoms with E-state index in [1.807, 2.05) is 0 Å². The second kappa shape index (κ2) is 12.0. The summed E-state index contributed by atoms with van der Waals surface area (Å²) in [5, 5.41) is 0. The molecule has 102 valence electrons. The third-order valence-electron chi connectivity index (χ3n) is 3.27. The summed E-state index contributed by atoms with van der Waals surface area (Å²) in [5.74, 6) is 0. The molecule has 0 rings (SSSR count). The molecule has 0 unspecified atom stereocenters. The fourth-order valence-electron chi connectivity index (χ4n) is 2.12. The van der Waals surface area contributed by atoms with Gasteiger partial charge in [0.15, 0.2) is 0 Å². The van der Waals surface area contributed by atoms with Crippen molar-refractivity contribution in [3.8, 4) is 0 Å². The monoisotopic (exact) mass is 239 g/mol. The van der Waals surface area contributed by atoms with Crippen LogP contribution in [-0.2, 0) is 0 Å². The van der Waals surface area contributed by atoms with Crippen molar-refractivity contribution in [1.82, 2.24) is 4.90 Å². The lowest BCUT2D eigenvalue weighted by atomic mass is 10.1. The summed E-state index contributed by atoms with van der Waals surface area (Å²) in [6.07, 6.45) is 15.6. The first-order valence-electron chi connectivity index (χ1n) is 7.61.